The van der Waals surface area contributed by atoms with Crippen LogP contribution in [0.3, 0.4) is 0 Å². The largest absolute Gasteiger partial charge is 0.294 e. The zero-order valence-corrected chi connectivity index (χ0v) is 11.6. The zero-order chi connectivity index (χ0) is 13.0. The van der Waals surface area contributed by atoms with Crippen molar-refractivity contribution in [2.45, 2.75) is 47.1 Å². The molecule has 0 unspecified atom stereocenters. The topological polar surface area (TPSA) is 34.9 Å². The van der Waals surface area contributed by atoms with Gasteiger partial charge in [0.05, 0.1) is 22.8 Å². The highest BCUT2D eigenvalue weighted by Crippen LogP contribution is 2.22. The van der Waals surface area contributed by atoms with Crippen LogP contribution in [0.4, 0.5) is 0 Å². The molecule has 0 aliphatic carbocycles. The third kappa shape index (κ3) is 2.97. The number of aryl methyl sites for hydroxylation is 2. The van der Waals surface area contributed by atoms with E-state index >= 15 is 0 Å². The summed E-state index contributed by atoms with van der Waals surface area (Å²) in [7, 11) is 0. The van der Waals surface area contributed by atoms with Crippen molar-refractivity contribution >= 4 is 17.4 Å². The summed E-state index contributed by atoms with van der Waals surface area (Å²) in [5.74, 6) is 0.131. The van der Waals surface area contributed by atoms with Gasteiger partial charge in [-0.05, 0) is 32.8 Å². The van der Waals surface area contributed by atoms with Gasteiger partial charge in [-0.25, -0.2) is 0 Å². The minimum absolute atomic E-state index is 0.131. The van der Waals surface area contributed by atoms with Crippen molar-refractivity contribution in [3.05, 3.63) is 28.1 Å². The van der Waals surface area contributed by atoms with Crippen LogP contribution in [0.15, 0.2) is 11.6 Å². The lowest BCUT2D eigenvalue weighted by Crippen LogP contribution is -2.11. The van der Waals surface area contributed by atoms with E-state index in [0.29, 0.717) is 11.4 Å². The molecule has 1 aromatic heterocycles. The zero-order valence-electron chi connectivity index (χ0n) is 10.9. The first kappa shape index (κ1) is 14.0. The number of carbonyl (C=O) groups is 1. The number of hydrogen-bond acceptors (Lipinski definition) is 2. The Morgan fingerprint density at radius 2 is 2.12 bits per heavy atom. The second-order valence-corrected chi connectivity index (χ2v) is 4.31. The minimum Gasteiger partial charge on any atom is -0.294 e. The molecule has 1 heterocycles. The van der Waals surface area contributed by atoms with E-state index in [1.54, 1.807) is 4.68 Å². The average molecular weight is 255 g/mol. The predicted molar refractivity (Wildman–Crippen MR) is 70.4 cm³/mol. The van der Waals surface area contributed by atoms with Gasteiger partial charge in [0.1, 0.15) is 0 Å². The van der Waals surface area contributed by atoms with Gasteiger partial charge >= 0.3 is 0 Å². The lowest BCUT2D eigenvalue weighted by Gasteiger charge is -2.06. The Hall–Kier alpha value is -1.09. The standard InChI is InChI=1S/C13H19ClN2O/c1-5-10(6-2)12(17)8-11-13(14)9(4)15-16(11)7-3/h5H,6-8H2,1-4H3. The van der Waals surface area contributed by atoms with Gasteiger partial charge in [0, 0.05) is 6.54 Å². The van der Waals surface area contributed by atoms with Crippen LogP contribution in [0.5, 0.6) is 0 Å². The van der Waals surface area contributed by atoms with Crippen LogP contribution in [0.1, 0.15) is 38.6 Å². The molecular weight excluding hydrogens is 236 g/mol. The van der Waals surface area contributed by atoms with Crippen molar-refractivity contribution in [1.82, 2.24) is 9.78 Å². The maximum absolute atomic E-state index is 12.0. The van der Waals surface area contributed by atoms with Crippen LogP contribution in [-0.4, -0.2) is 15.6 Å². The van der Waals surface area contributed by atoms with Crippen molar-refractivity contribution < 1.29 is 4.79 Å². The lowest BCUT2D eigenvalue weighted by atomic mass is 10.0. The van der Waals surface area contributed by atoms with Gasteiger partial charge in [-0.3, -0.25) is 9.48 Å². The van der Waals surface area contributed by atoms with Crippen LogP contribution in [0.25, 0.3) is 0 Å². The van der Waals surface area contributed by atoms with Gasteiger partial charge in [0.25, 0.3) is 0 Å². The highest BCUT2D eigenvalue weighted by molar-refractivity contribution is 6.32. The molecule has 0 saturated heterocycles. The van der Waals surface area contributed by atoms with Gasteiger partial charge in [-0.2, -0.15) is 5.10 Å². The number of allylic oxidation sites excluding steroid dienone is 2. The van der Waals surface area contributed by atoms with Crippen LogP contribution in [0, 0.1) is 6.92 Å². The number of ketones is 1. The molecule has 0 saturated carbocycles. The van der Waals surface area contributed by atoms with Crippen molar-refractivity contribution in [1.29, 1.82) is 0 Å². The summed E-state index contributed by atoms with van der Waals surface area (Å²) in [4.78, 5) is 12.0. The van der Waals surface area contributed by atoms with E-state index < -0.39 is 0 Å². The monoisotopic (exact) mass is 254 g/mol. The molecule has 1 rings (SSSR count). The molecule has 0 spiro atoms. The Kier molecular flexibility index (Phi) is 4.94. The Labute approximate surface area is 107 Å². The first-order valence-electron chi connectivity index (χ1n) is 5.95. The fourth-order valence-electron chi connectivity index (χ4n) is 1.87. The van der Waals surface area contributed by atoms with Crippen molar-refractivity contribution in [2.75, 3.05) is 0 Å². The van der Waals surface area contributed by atoms with Crippen molar-refractivity contribution in [2.24, 2.45) is 0 Å². The molecule has 0 aliphatic rings. The molecule has 0 aliphatic heterocycles. The van der Waals surface area contributed by atoms with E-state index in [9.17, 15) is 4.79 Å². The SMILES string of the molecule is CC=C(CC)C(=O)Cc1c(Cl)c(C)nn1CC. The van der Waals surface area contributed by atoms with E-state index in [2.05, 4.69) is 5.10 Å². The van der Waals surface area contributed by atoms with Crippen molar-refractivity contribution in [3.8, 4) is 0 Å². The Morgan fingerprint density at radius 3 is 2.59 bits per heavy atom. The Morgan fingerprint density at radius 1 is 1.47 bits per heavy atom. The summed E-state index contributed by atoms with van der Waals surface area (Å²) in [5, 5.41) is 4.92. The molecule has 17 heavy (non-hydrogen) atoms. The number of carbonyl (C=O) groups excluding carboxylic acids is 1. The molecule has 0 amide bonds. The van der Waals surface area contributed by atoms with Crippen LogP contribution in [0.2, 0.25) is 5.02 Å². The summed E-state index contributed by atoms with van der Waals surface area (Å²) in [5.41, 5.74) is 2.46. The molecule has 94 valence electrons. The molecule has 0 bridgehead atoms. The number of aromatic nitrogens is 2. The molecule has 0 fully saturated rings. The first-order chi connectivity index (χ1) is 8.04. The molecule has 4 heteroatoms. The predicted octanol–water partition coefficient (Wildman–Crippen LogP) is 3.33. The minimum atomic E-state index is 0.131. The molecule has 0 N–H and O–H groups in total. The maximum Gasteiger partial charge on any atom is 0.164 e. The highest BCUT2D eigenvalue weighted by atomic mass is 35.5. The third-order valence-corrected chi connectivity index (χ3v) is 3.36. The molecular formula is C13H19ClN2O. The van der Waals surface area contributed by atoms with Crippen molar-refractivity contribution in [3.63, 3.8) is 0 Å². The Bertz CT molecular complexity index is 447. The van der Waals surface area contributed by atoms with Crippen LogP contribution < -0.4 is 0 Å². The average Bonchev–Trinajstić information content (AvgIpc) is 2.58. The molecule has 0 atom stereocenters. The van der Waals surface area contributed by atoms with E-state index in [1.165, 1.54) is 0 Å². The summed E-state index contributed by atoms with van der Waals surface area (Å²) < 4.78 is 1.80. The number of rotatable bonds is 5. The number of halogens is 1. The summed E-state index contributed by atoms with van der Waals surface area (Å²) in [6.45, 7) is 8.46. The summed E-state index contributed by atoms with van der Waals surface area (Å²) in [6, 6.07) is 0. The van der Waals surface area contributed by atoms with E-state index in [1.807, 2.05) is 33.8 Å². The quantitative estimate of drug-likeness (QED) is 0.756. The lowest BCUT2D eigenvalue weighted by molar-refractivity contribution is -0.115. The van der Waals surface area contributed by atoms with E-state index in [4.69, 9.17) is 11.6 Å². The fraction of sp³-hybridized carbons (Fsp3) is 0.538. The molecule has 0 aromatic carbocycles. The summed E-state index contributed by atoms with van der Waals surface area (Å²) in [6.07, 6.45) is 2.96. The van der Waals surface area contributed by atoms with Gasteiger partial charge in [-0.1, -0.05) is 24.6 Å². The van der Waals surface area contributed by atoms with Crippen LogP contribution in [-0.2, 0) is 17.8 Å². The smallest absolute Gasteiger partial charge is 0.164 e. The fourth-order valence-corrected chi connectivity index (χ4v) is 2.07. The van der Waals surface area contributed by atoms with E-state index in [0.717, 1.165) is 29.9 Å². The third-order valence-electron chi connectivity index (χ3n) is 2.87. The van der Waals surface area contributed by atoms with Gasteiger partial charge in [0.2, 0.25) is 0 Å². The molecule has 1 aromatic rings. The first-order valence-corrected chi connectivity index (χ1v) is 6.33. The van der Waals surface area contributed by atoms with Gasteiger partial charge in [0.15, 0.2) is 5.78 Å². The van der Waals surface area contributed by atoms with Gasteiger partial charge < -0.3 is 0 Å². The van der Waals surface area contributed by atoms with Gasteiger partial charge in [-0.15, -0.1) is 0 Å². The molecule has 0 radical (unpaired) electrons. The maximum atomic E-state index is 12.0. The number of Topliss-reactive ketones (excluding diaryl/α,β-unsaturated/α-hetero) is 1. The van der Waals surface area contributed by atoms with Crippen LogP contribution >= 0.6 is 11.6 Å². The normalized spacial score (nSPS) is 11.9. The Balaban J connectivity index is 2.99. The number of hydrogen-bond donors (Lipinski definition) is 0. The number of nitrogens with zero attached hydrogens (tertiary/aromatic N) is 2. The second kappa shape index (κ2) is 6.01. The van der Waals surface area contributed by atoms with E-state index in [-0.39, 0.29) is 5.78 Å². The molecule has 3 nitrogen and oxygen atoms in total. The highest BCUT2D eigenvalue weighted by Gasteiger charge is 2.17. The second-order valence-electron chi connectivity index (χ2n) is 3.93. The summed E-state index contributed by atoms with van der Waals surface area (Å²) >= 11 is 6.17.